The maximum atomic E-state index is 12.7. The van der Waals surface area contributed by atoms with Gasteiger partial charge in [0.05, 0.1) is 13.2 Å². The molecule has 1 aliphatic carbocycles. The van der Waals surface area contributed by atoms with Crippen LogP contribution in [0.1, 0.15) is 79.4 Å². The number of nitrogens with one attached hydrogen (secondary N) is 1. The molecule has 1 heterocycles. The Balaban J connectivity index is 1.71. The molecule has 240 valence electrons. The summed E-state index contributed by atoms with van der Waals surface area (Å²) in [6.07, 6.45) is -1.83. The van der Waals surface area contributed by atoms with Gasteiger partial charge in [0.2, 0.25) is 0 Å². The van der Waals surface area contributed by atoms with Gasteiger partial charge in [0.15, 0.2) is 5.75 Å². The van der Waals surface area contributed by atoms with E-state index in [0.29, 0.717) is 29.7 Å². The number of fused-ring (bicyclic) bond motifs is 1. The summed E-state index contributed by atoms with van der Waals surface area (Å²) in [5, 5.41) is 34.1. The second kappa shape index (κ2) is 14.2. The van der Waals surface area contributed by atoms with E-state index in [-0.39, 0.29) is 54.9 Å². The van der Waals surface area contributed by atoms with E-state index in [9.17, 15) is 44.1 Å². The summed E-state index contributed by atoms with van der Waals surface area (Å²) in [6, 6.07) is 0. The van der Waals surface area contributed by atoms with Gasteiger partial charge >= 0.3 is 19.8 Å². The Hall–Kier alpha value is -3.00. The fourth-order valence-corrected chi connectivity index (χ4v) is 5.67. The van der Waals surface area contributed by atoms with Gasteiger partial charge in [-0.15, -0.1) is 0 Å². The van der Waals surface area contributed by atoms with E-state index in [1.165, 1.54) is 7.11 Å². The lowest BCUT2D eigenvalue weighted by atomic mass is 9.79. The topological polar surface area (TPSA) is 218 Å². The van der Waals surface area contributed by atoms with Crippen LogP contribution in [0.2, 0.25) is 0 Å². The highest BCUT2D eigenvalue weighted by Gasteiger charge is 2.50. The Morgan fingerprint density at radius 2 is 1.88 bits per heavy atom. The second-order valence-electron chi connectivity index (χ2n) is 10.9. The molecule has 1 amide bonds. The molecule has 1 aromatic rings. The lowest BCUT2D eigenvalue weighted by molar-refractivity contribution is -0.190. The molecule has 1 fully saturated rings. The minimum Gasteiger partial charge on any atom is -0.496 e. The third-order valence-electron chi connectivity index (χ3n) is 7.60. The normalized spacial score (nSPS) is 23.8. The Kier molecular flexibility index (Phi) is 11.4. The summed E-state index contributed by atoms with van der Waals surface area (Å²) < 4.78 is 32.6. The number of carbonyl (C=O) groups is 3. The lowest BCUT2D eigenvalue weighted by Gasteiger charge is -2.40. The van der Waals surface area contributed by atoms with Crippen molar-refractivity contribution in [2.24, 2.45) is 0 Å². The molecule has 0 saturated heterocycles. The van der Waals surface area contributed by atoms with Crippen molar-refractivity contribution in [3.63, 3.8) is 0 Å². The molecule has 6 N–H and O–H groups in total. The highest BCUT2D eigenvalue weighted by molar-refractivity contribution is 7.46. The predicted octanol–water partition coefficient (Wildman–Crippen LogP) is 1.49. The largest absolute Gasteiger partial charge is 0.524 e. The van der Waals surface area contributed by atoms with Crippen molar-refractivity contribution in [3.05, 3.63) is 33.9 Å². The zero-order valence-corrected chi connectivity index (χ0v) is 25.5. The first kappa shape index (κ1) is 34.5. The van der Waals surface area contributed by atoms with Gasteiger partial charge in [-0.25, -0.2) is 9.36 Å². The SMILES string of the molecule is CCCCNC(=O)[C@]1(O)C[C@@H](O)[C@@H](O)[C@H](OC(=O)CC/C(C)=C/Cc2c(OC)c(C)c3c(c2OP(=O)(O)O)C(=O)OC3)C1. The number of aliphatic hydroxyl groups is 3. The number of hydrogen-bond acceptors (Lipinski definition) is 11. The maximum absolute atomic E-state index is 12.7. The number of carbonyl (C=O) groups excluding carboxylic acids is 3. The first-order valence-corrected chi connectivity index (χ1v) is 15.5. The van der Waals surface area contributed by atoms with Crippen LogP contribution >= 0.6 is 7.82 Å². The number of ether oxygens (including phenoxy) is 3. The summed E-state index contributed by atoms with van der Waals surface area (Å²) in [6.45, 7) is 5.56. The van der Waals surface area contributed by atoms with Crippen molar-refractivity contribution in [2.45, 2.75) is 96.2 Å². The number of benzene rings is 1. The van der Waals surface area contributed by atoms with Crippen LogP contribution in [0.25, 0.3) is 0 Å². The highest BCUT2D eigenvalue weighted by Crippen LogP contribution is 2.48. The van der Waals surface area contributed by atoms with Crippen LogP contribution in [-0.4, -0.2) is 80.5 Å². The minimum atomic E-state index is -5.07. The quantitative estimate of drug-likeness (QED) is 0.0790. The summed E-state index contributed by atoms with van der Waals surface area (Å²) in [7, 11) is -3.70. The molecular formula is C28H40NO13P. The van der Waals surface area contributed by atoms with Crippen LogP contribution in [0, 0.1) is 6.92 Å². The van der Waals surface area contributed by atoms with E-state index in [0.717, 1.165) is 6.42 Å². The van der Waals surface area contributed by atoms with Gasteiger partial charge in [0.25, 0.3) is 5.91 Å². The van der Waals surface area contributed by atoms with E-state index in [4.69, 9.17) is 18.7 Å². The van der Waals surface area contributed by atoms with E-state index in [2.05, 4.69) is 5.32 Å². The molecule has 0 aromatic heterocycles. The zero-order valence-electron chi connectivity index (χ0n) is 24.6. The molecule has 3 rings (SSSR count). The number of phosphoric ester groups is 1. The smallest absolute Gasteiger partial charge is 0.496 e. The molecule has 14 nitrogen and oxygen atoms in total. The van der Waals surface area contributed by atoms with Crippen LogP contribution in [0.15, 0.2) is 11.6 Å². The summed E-state index contributed by atoms with van der Waals surface area (Å²) >= 11 is 0. The van der Waals surface area contributed by atoms with Crippen LogP contribution in [0.3, 0.4) is 0 Å². The molecule has 0 spiro atoms. The Morgan fingerprint density at radius 3 is 2.51 bits per heavy atom. The number of rotatable bonds is 13. The van der Waals surface area contributed by atoms with Crippen molar-refractivity contribution in [3.8, 4) is 11.5 Å². The molecule has 1 aliphatic heterocycles. The number of esters is 2. The first-order valence-electron chi connectivity index (χ1n) is 14.0. The number of phosphoric acid groups is 1. The molecule has 0 bridgehead atoms. The third kappa shape index (κ3) is 8.34. The third-order valence-corrected chi connectivity index (χ3v) is 8.02. The predicted molar refractivity (Wildman–Crippen MR) is 150 cm³/mol. The van der Waals surface area contributed by atoms with E-state index >= 15 is 0 Å². The van der Waals surface area contributed by atoms with E-state index < -0.39 is 56.0 Å². The second-order valence-corrected chi connectivity index (χ2v) is 12.0. The van der Waals surface area contributed by atoms with Crippen LogP contribution in [0.4, 0.5) is 0 Å². The Labute approximate surface area is 249 Å². The number of allylic oxidation sites excluding steroid dienone is 2. The summed E-state index contributed by atoms with van der Waals surface area (Å²) in [4.78, 5) is 56.6. The lowest BCUT2D eigenvalue weighted by Crippen LogP contribution is -2.59. The van der Waals surface area contributed by atoms with Crippen molar-refractivity contribution in [1.82, 2.24) is 5.32 Å². The van der Waals surface area contributed by atoms with Gasteiger partial charge < -0.3 is 39.4 Å². The molecule has 1 saturated carbocycles. The van der Waals surface area contributed by atoms with Crippen molar-refractivity contribution in [1.29, 1.82) is 0 Å². The maximum Gasteiger partial charge on any atom is 0.524 e. The first-order chi connectivity index (χ1) is 20.1. The Bertz CT molecular complexity index is 1310. The molecule has 0 unspecified atom stereocenters. The fraction of sp³-hybridized carbons (Fsp3) is 0.607. The summed E-state index contributed by atoms with van der Waals surface area (Å²) in [5.74, 6) is -2.31. The van der Waals surface area contributed by atoms with Crippen molar-refractivity contribution >= 4 is 25.7 Å². The molecule has 1 aromatic carbocycles. The van der Waals surface area contributed by atoms with Gasteiger partial charge in [-0.3, -0.25) is 19.4 Å². The van der Waals surface area contributed by atoms with Gasteiger partial charge in [-0.1, -0.05) is 25.0 Å². The van der Waals surface area contributed by atoms with Gasteiger partial charge in [-0.2, -0.15) is 0 Å². The van der Waals surface area contributed by atoms with E-state index in [1.807, 2.05) is 6.92 Å². The highest BCUT2D eigenvalue weighted by atomic mass is 31.2. The average molecular weight is 630 g/mol. The van der Waals surface area contributed by atoms with Gasteiger partial charge in [-0.05, 0) is 38.7 Å². The van der Waals surface area contributed by atoms with Crippen LogP contribution < -0.4 is 14.6 Å². The zero-order chi connectivity index (χ0) is 32.1. The number of amides is 1. The van der Waals surface area contributed by atoms with Crippen LogP contribution in [0.5, 0.6) is 11.5 Å². The number of hydrogen-bond donors (Lipinski definition) is 6. The molecule has 0 radical (unpaired) electrons. The van der Waals surface area contributed by atoms with Crippen molar-refractivity contribution in [2.75, 3.05) is 13.7 Å². The summed E-state index contributed by atoms with van der Waals surface area (Å²) in [5.41, 5.74) is -0.273. The fourth-order valence-electron chi connectivity index (χ4n) is 5.23. The minimum absolute atomic E-state index is 0.0223. The molecule has 15 heteroatoms. The molecule has 43 heavy (non-hydrogen) atoms. The number of unbranched alkanes of at least 4 members (excludes halogenated alkanes) is 1. The molecular weight excluding hydrogens is 589 g/mol. The number of aliphatic hydroxyl groups excluding tert-OH is 2. The van der Waals surface area contributed by atoms with Crippen molar-refractivity contribution < 1.29 is 62.8 Å². The van der Waals surface area contributed by atoms with Gasteiger partial charge in [0, 0.05) is 36.9 Å². The molecule has 2 aliphatic rings. The Morgan fingerprint density at radius 1 is 1.19 bits per heavy atom. The monoisotopic (exact) mass is 629 g/mol. The number of cyclic esters (lactones) is 1. The standard InChI is InChI=1S/C28H40NO13P/c1-5-6-11-29-27(34)28(35)12-19(30)23(32)20(13-28)41-21(31)10-8-15(2)7-9-17-24(39-4)16(3)18-14-40-26(33)22(18)25(17)42-43(36,37)38/h7,19-20,23,30,32,35H,5-6,8-14H2,1-4H3,(H,29,34)(H2,36,37,38)/b15-7+/t19-,20-,23-,28+/m1/s1. The van der Waals surface area contributed by atoms with Crippen LogP contribution in [-0.2, 0) is 36.7 Å². The number of methoxy groups -OCH3 is 1. The average Bonchev–Trinajstić information content (AvgIpc) is 3.32. The molecule has 4 atom stereocenters. The van der Waals surface area contributed by atoms with E-state index in [1.54, 1.807) is 19.9 Å². The van der Waals surface area contributed by atoms with Gasteiger partial charge in [0.1, 0.15) is 35.7 Å².